The number of aromatic nitrogens is 4. The van der Waals surface area contributed by atoms with Gasteiger partial charge >= 0.3 is 0 Å². The van der Waals surface area contributed by atoms with E-state index < -0.39 is 0 Å². The summed E-state index contributed by atoms with van der Waals surface area (Å²) < 4.78 is 1.76. The molecule has 0 aliphatic heterocycles. The maximum Gasteiger partial charge on any atom is 0.254 e. The predicted molar refractivity (Wildman–Crippen MR) is 120 cm³/mol. The Morgan fingerprint density at radius 3 is 2.06 bits per heavy atom. The lowest BCUT2D eigenvalue weighted by Gasteiger charge is -2.23. The lowest BCUT2D eigenvalue weighted by molar-refractivity contribution is 0.0730. The van der Waals surface area contributed by atoms with Gasteiger partial charge in [-0.05, 0) is 47.5 Å². The fourth-order valence-corrected chi connectivity index (χ4v) is 3.51. The zero-order chi connectivity index (χ0) is 21.6. The van der Waals surface area contributed by atoms with E-state index >= 15 is 0 Å². The van der Waals surface area contributed by atoms with Gasteiger partial charge in [-0.15, -0.1) is 5.10 Å². The minimum Gasteiger partial charge on any atom is -0.330 e. The van der Waals surface area contributed by atoms with E-state index in [9.17, 15) is 4.79 Å². The topological polar surface area (TPSA) is 63.9 Å². The third kappa shape index (κ3) is 4.86. The van der Waals surface area contributed by atoms with Gasteiger partial charge in [0.15, 0.2) is 5.82 Å². The second-order valence-corrected chi connectivity index (χ2v) is 7.75. The van der Waals surface area contributed by atoms with Gasteiger partial charge in [0.25, 0.3) is 5.91 Å². The van der Waals surface area contributed by atoms with E-state index in [4.69, 9.17) is 0 Å². The SMILES string of the molecule is CC(C)n1nnnc1-c1cccc(C(=O)N(Cc2ccccc2)Cc2ccccc2)c1. The van der Waals surface area contributed by atoms with Gasteiger partial charge in [-0.1, -0.05) is 72.8 Å². The predicted octanol–water partition coefficient (Wildman–Crippen LogP) is 4.76. The third-order valence-corrected chi connectivity index (χ3v) is 5.07. The average molecular weight is 412 g/mol. The lowest BCUT2D eigenvalue weighted by atomic mass is 10.1. The summed E-state index contributed by atoms with van der Waals surface area (Å²) in [6.07, 6.45) is 0. The first-order valence-electron chi connectivity index (χ1n) is 10.4. The van der Waals surface area contributed by atoms with E-state index in [-0.39, 0.29) is 11.9 Å². The zero-order valence-corrected chi connectivity index (χ0v) is 17.7. The molecule has 0 bridgehead atoms. The summed E-state index contributed by atoms with van der Waals surface area (Å²) in [5, 5.41) is 12.0. The van der Waals surface area contributed by atoms with Crippen LogP contribution in [0.3, 0.4) is 0 Å². The molecule has 0 radical (unpaired) electrons. The molecule has 4 rings (SSSR count). The van der Waals surface area contributed by atoms with Crippen molar-refractivity contribution >= 4 is 5.91 Å². The van der Waals surface area contributed by atoms with E-state index in [1.807, 2.05) is 104 Å². The Morgan fingerprint density at radius 1 is 0.871 bits per heavy atom. The van der Waals surface area contributed by atoms with Crippen molar-refractivity contribution in [2.45, 2.75) is 33.0 Å². The number of rotatable bonds is 7. The minimum atomic E-state index is -0.0295. The first kappa shape index (κ1) is 20.5. The monoisotopic (exact) mass is 411 g/mol. The van der Waals surface area contributed by atoms with Crippen LogP contribution in [-0.2, 0) is 13.1 Å². The second-order valence-electron chi connectivity index (χ2n) is 7.75. The molecule has 0 N–H and O–H groups in total. The maximum atomic E-state index is 13.6. The van der Waals surface area contributed by atoms with Crippen molar-refractivity contribution in [2.75, 3.05) is 0 Å². The number of hydrogen-bond acceptors (Lipinski definition) is 4. The highest BCUT2D eigenvalue weighted by Gasteiger charge is 2.19. The quantitative estimate of drug-likeness (QED) is 0.440. The van der Waals surface area contributed by atoms with Crippen LogP contribution in [0.4, 0.5) is 0 Å². The number of benzene rings is 3. The highest BCUT2D eigenvalue weighted by Crippen LogP contribution is 2.22. The molecule has 0 saturated carbocycles. The van der Waals surface area contributed by atoms with Crippen LogP contribution in [0.2, 0.25) is 0 Å². The second kappa shape index (κ2) is 9.34. The van der Waals surface area contributed by atoms with Gasteiger partial charge in [-0.3, -0.25) is 4.79 Å². The first-order valence-corrected chi connectivity index (χ1v) is 10.4. The molecule has 0 saturated heterocycles. The summed E-state index contributed by atoms with van der Waals surface area (Å²) in [4.78, 5) is 15.4. The summed E-state index contributed by atoms with van der Waals surface area (Å²) in [7, 11) is 0. The smallest absolute Gasteiger partial charge is 0.254 e. The van der Waals surface area contributed by atoms with E-state index in [1.54, 1.807) is 4.68 Å². The van der Waals surface area contributed by atoms with Crippen molar-refractivity contribution in [3.8, 4) is 11.4 Å². The Labute approximate surface area is 182 Å². The fourth-order valence-electron chi connectivity index (χ4n) is 3.51. The van der Waals surface area contributed by atoms with Crippen molar-refractivity contribution in [1.82, 2.24) is 25.1 Å². The minimum absolute atomic E-state index is 0.0295. The van der Waals surface area contributed by atoms with Crippen LogP contribution in [-0.4, -0.2) is 31.0 Å². The van der Waals surface area contributed by atoms with Crippen molar-refractivity contribution in [3.05, 3.63) is 102 Å². The normalized spacial score (nSPS) is 10.9. The molecule has 0 unspecified atom stereocenters. The zero-order valence-electron chi connectivity index (χ0n) is 17.7. The molecule has 6 heteroatoms. The van der Waals surface area contributed by atoms with Gasteiger partial charge in [-0.25, -0.2) is 4.68 Å². The molecule has 1 aromatic heterocycles. The molecule has 0 atom stereocenters. The molecule has 4 aromatic rings. The molecule has 0 spiro atoms. The highest BCUT2D eigenvalue weighted by atomic mass is 16.2. The molecule has 156 valence electrons. The molecule has 0 aliphatic carbocycles. The van der Waals surface area contributed by atoms with E-state index in [0.29, 0.717) is 24.5 Å². The number of tetrazole rings is 1. The largest absolute Gasteiger partial charge is 0.330 e. The average Bonchev–Trinajstić information content (AvgIpc) is 3.30. The Balaban J connectivity index is 1.65. The number of carbonyl (C=O) groups is 1. The Kier molecular flexibility index (Phi) is 6.17. The van der Waals surface area contributed by atoms with E-state index in [2.05, 4.69) is 15.5 Å². The molecule has 0 fully saturated rings. The van der Waals surface area contributed by atoms with Crippen molar-refractivity contribution in [3.63, 3.8) is 0 Å². The van der Waals surface area contributed by atoms with Crippen molar-refractivity contribution < 1.29 is 4.79 Å². The van der Waals surface area contributed by atoms with Gasteiger partial charge in [0, 0.05) is 24.2 Å². The summed E-state index contributed by atoms with van der Waals surface area (Å²) in [5.41, 5.74) is 3.62. The third-order valence-electron chi connectivity index (χ3n) is 5.07. The molecule has 3 aromatic carbocycles. The van der Waals surface area contributed by atoms with Gasteiger partial charge in [0.1, 0.15) is 0 Å². The van der Waals surface area contributed by atoms with Gasteiger partial charge < -0.3 is 4.90 Å². The summed E-state index contributed by atoms with van der Waals surface area (Å²) >= 11 is 0. The van der Waals surface area contributed by atoms with Gasteiger partial charge in [-0.2, -0.15) is 0 Å². The highest BCUT2D eigenvalue weighted by molar-refractivity contribution is 5.95. The number of nitrogens with zero attached hydrogens (tertiary/aromatic N) is 5. The van der Waals surface area contributed by atoms with Crippen molar-refractivity contribution in [2.24, 2.45) is 0 Å². The lowest BCUT2D eigenvalue weighted by Crippen LogP contribution is -2.30. The standard InChI is InChI=1S/C25H25N5O/c1-19(2)30-24(26-27-28-30)22-14-9-15-23(16-22)25(31)29(17-20-10-5-3-6-11-20)18-21-12-7-4-8-13-21/h3-16,19H,17-18H2,1-2H3. The van der Waals surface area contributed by atoms with Crippen LogP contribution >= 0.6 is 0 Å². The molecular weight excluding hydrogens is 386 g/mol. The summed E-state index contributed by atoms with van der Waals surface area (Å²) in [6, 6.07) is 27.7. The number of hydrogen-bond donors (Lipinski definition) is 0. The van der Waals surface area contributed by atoms with Crippen LogP contribution in [0.5, 0.6) is 0 Å². The molecule has 1 amide bonds. The molecule has 31 heavy (non-hydrogen) atoms. The molecule has 0 aliphatic rings. The van der Waals surface area contributed by atoms with Crippen LogP contribution in [0.15, 0.2) is 84.9 Å². The van der Waals surface area contributed by atoms with Crippen LogP contribution in [0, 0.1) is 0 Å². The van der Waals surface area contributed by atoms with E-state index in [1.165, 1.54) is 0 Å². The van der Waals surface area contributed by atoms with Crippen molar-refractivity contribution in [1.29, 1.82) is 0 Å². The molecular formula is C25H25N5O. The van der Waals surface area contributed by atoms with Crippen LogP contribution in [0.1, 0.15) is 41.4 Å². The van der Waals surface area contributed by atoms with Crippen LogP contribution < -0.4 is 0 Å². The summed E-state index contributed by atoms with van der Waals surface area (Å²) in [5.74, 6) is 0.625. The van der Waals surface area contributed by atoms with Gasteiger partial charge in [0.2, 0.25) is 0 Å². The first-order chi connectivity index (χ1) is 15.1. The van der Waals surface area contributed by atoms with Crippen LogP contribution in [0.25, 0.3) is 11.4 Å². The Bertz CT molecular complexity index is 1100. The number of carbonyl (C=O) groups excluding carboxylic acids is 1. The fraction of sp³-hybridized carbons (Fsp3) is 0.200. The number of amides is 1. The maximum absolute atomic E-state index is 13.6. The van der Waals surface area contributed by atoms with E-state index in [0.717, 1.165) is 16.7 Å². The van der Waals surface area contributed by atoms with Gasteiger partial charge in [0.05, 0.1) is 6.04 Å². The summed E-state index contributed by atoms with van der Waals surface area (Å²) in [6.45, 7) is 5.11. The Morgan fingerprint density at radius 2 is 1.48 bits per heavy atom. The molecule has 1 heterocycles. The Hall–Kier alpha value is -3.80. The molecule has 6 nitrogen and oxygen atoms in total.